The first-order chi connectivity index (χ1) is 12.6. The van der Waals surface area contributed by atoms with Crippen molar-refractivity contribution in [1.29, 1.82) is 0 Å². The van der Waals surface area contributed by atoms with E-state index in [0.29, 0.717) is 27.9 Å². The van der Waals surface area contributed by atoms with Crippen LogP contribution in [0.15, 0.2) is 41.5 Å². The molecule has 0 aromatic heterocycles. The molecule has 0 spiro atoms. The average molecular weight is 375 g/mol. The van der Waals surface area contributed by atoms with Crippen LogP contribution in [0, 0.1) is 0 Å². The lowest BCUT2D eigenvalue weighted by Crippen LogP contribution is -2.23. The first kappa shape index (κ1) is 19.3. The van der Waals surface area contributed by atoms with Crippen molar-refractivity contribution < 1.29 is 18.9 Å². The Hall–Kier alpha value is -3.00. The molecule has 0 radical (unpaired) electrons. The third-order valence-corrected chi connectivity index (χ3v) is 3.65. The molecule has 0 aliphatic rings. The highest BCUT2D eigenvalue weighted by atomic mass is 32.1. The summed E-state index contributed by atoms with van der Waals surface area (Å²) < 4.78 is 21.1. The highest BCUT2D eigenvalue weighted by molar-refractivity contribution is 7.80. The number of thiocarbonyl (C=S) groups is 1. The van der Waals surface area contributed by atoms with Gasteiger partial charge in [-0.3, -0.25) is 5.43 Å². The monoisotopic (exact) mass is 375 g/mol. The molecule has 26 heavy (non-hydrogen) atoms. The first-order valence-electron chi connectivity index (χ1n) is 7.65. The van der Waals surface area contributed by atoms with Crippen molar-refractivity contribution in [2.75, 3.05) is 33.8 Å². The second-order valence-electron chi connectivity index (χ2n) is 5.00. The number of anilines is 1. The number of methoxy groups -OCH3 is 4. The second-order valence-corrected chi connectivity index (χ2v) is 5.41. The largest absolute Gasteiger partial charge is 0.497 e. The summed E-state index contributed by atoms with van der Waals surface area (Å²) in [5.74, 6) is 2.54. The fourth-order valence-corrected chi connectivity index (χ4v) is 2.32. The Balaban J connectivity index is 2.05. The van der Waals surface area contributed by atoms with Crippen molar-refractivity contribution in [3.63, 3.8) is 0 Å². The Morgan fingerprint density at radius 2 is 1.46 bits per heavy atom. The van der Waals surface area contributed by atoms with Crippen molar-refractivity contribution in [1.82, 2.24) is 5.43 Å². The molecular weight excluding hydrogens is 354 g/mol. The summed E-state index contributed by atoms with van der Waals surface area (Å²) in [6.07, 6.45) is 1.57. The number of hydrogen-bond donors (Lipinski definition) is 2. The van der Waals surface area contributed by atoms with Crippen LogP contribution in [0.3, 0.4) is 0 Å². The second kappa shape index (κ2) is 9.47. The molecule has 2 rings (SSSR count). The van der Waals surface area contributed by atoms with Crippen LogP contribution in [0.1, 0.15) is 5.56 Å². The third-order valence-electron chi connectivity index (χ3n) is 3.46. The summed E-state index contributed by atoms with van der Waals surface area (Å²) in [6, 6.07) is 10.9. The predicted octanol–water partition coefficient (Wildman–Crippen LogP) is 3.04. The van der Waals surface area contributed by atoms with Gasteiger partial charge in [-0.25, -0.2) is 0 Å². The quantitative estimate of drug-likeness (QED) is 0.438. The molecule has 0 aliphatic heterocycles. The van der Waals surface area contributed by atoms with Crippen LogP contribution >= 0.6 is 12.2 Å². The zero-order chi connectivity index (χ0) is 18.9. The van der Waals surface area contributed by atoms with Gasteiger partial charge in [0.15, 0.2) is 5.11 Å². The topological polar surface area (TPSA) is 73.3 Å². The van der Waals surface area contributed by atoms with Crippen molar-refractivity contribution in [2.24, 2.45) is 5.10 Å². The van der Waals surface area contributed by atoms with Gasteiger partial charge in [-0.15, -0.1) is 0 Å². The first-order valence-corrected chi connectivity index (χ1v) is 8.06. The molecule has 0 bridgehead atoms. The van der Waals surface area contributed by atoms with Crippen molar-refractivity contribution >= 4 is 29.2 Å². The highest BCUT2D eigenvalue weighted by Crippen LogP contribution is 2.32. The number of rotatable bonds is 7. The fourth-order valence-electron chi connectivity index (χ4n) is 2.15. The standard InChI is InChI=1S/C18H21N3O4S/c1-22-13-7-5-12(6-8-13)20-18(26)21-19-11-15-16(24-3)9-14(23-2)10-17(15)25-4/h5-11H,1-4H3,(H2,20,21,26)/b19-11+. The van der Waals surface area contributed by atoms with Crippen LogP contribution in [-0.2, 0) is 0 Å². The molecule has 2 N–H and O–H groups in total. The maximum absolute atomic E-state index is 5.37. The molecule has 0 fully saturated rings. The van der Waals surface area contributed by atoms with E-state index in [1.807, 2.05) is 24.3 Å². The summed E-state index contributed by atoms with van der Waals surface area (Å²) in [7, 11) is 6.32. The highest BCUT2D eigenvalue weighted by Gasteiger charge is 2.11. The smallest absolute Gasteiger partial charge is 0.191 e. The Morgan fingerprint density at radius 3 is 1.96 bits per heavy atom. The minimum atomic E-state index is 0.345. The molecule has 138 valence electrons. The number of hydrazone groups is 1. The molecule has 0 saturated carbocycles. The van der Waals surface area contributed by atoms with Crippen LogP contribution in [0.25, 0.3) is 0 Å². The summed E-state index contributed by atoms with van der Waals surface area (Å²) in [5.41, 5.74) is 4.24. The van der Waals surface area contributed by atoms with Gasteiger partial charge in [0.1, 0.15) is 23.0 Å². The van der Waals surface area contributed by atoms with Crippen LogP contribution < -0.4 is 29.7 Å². The molecule has 0 aliphatic carbocycles. The van der Waals surface area contributed by atoms with Gasteiger partial charge in [0.2, 0.25) is 0 Å². The zero-order valence-electron chi connectivity index (χ0n) is 15.0. The number of nitrogens with zero attached hydrogens (tertiary/aromatic N) is 1. The molecule has 0 unspecified atom stereocenters. The maximum Gasteiger partial charge on any atom is 0.191 e. The summed E-state index contributed by atoms with van der Waals surface area (Å²) >= 11 is 5.22. The fraction of sp³-hybridized carbons (Fsp3) is 0.222. The minimum absolute atomic E-state index is 0.345. The number of benzene rings is 2. The van der Waals surface area contributed by atoms with E-state index in [2.05, 4.69) is 15.8 Å². The van der Waals surface area contributed by atoms with Gasteiger partial charge in [-0.05, 0) is 36.5 Å². The van der Waals surface area contributed by atoms with Gasteiger partial charge in [0, 0.05) is 17.8 Å². The zero-order valence-corrected chi connectivity index (χ0v) is 15.8. The average Bonchev–Trinajstić information content (AvgIpc) is 2.68. The Bertz CT molecular complexity index is 754. The molecule has 0 heterocycles. The van der Waals surface area contributed by atoms with Gasteiger partial charge < -0.3 is 24.3 Å². The van der Waals surface area contributed by atoms with Crippen LogP contribution in [0.5, 0.6) is 23.0 Å². The van der Waals surface area contributed by atoms with Crippen molar-refractivity contribution in [2.45, 2.75) is 0 Å². The predicted molar refractivity (Wildman–Crippen MR) is 106 cm³/mol. The van der Waals surface area contributed by atoms with E-state index in [0.717, 1.165) is 11.4 Å². The Morgan fingerprint density at radius 1 is 0.885 bits per heavy atom. The number of nitrogens with one attached hydrogen (secondary N) is 2. The van der Waals surface area contributed by atoms with Gasteiger partial charge in [0.25, 0.3) is 0 Å². The van der Waals surface area contributed by atoms with E-state index in [1.54, 1.807) is 46.8 Å². The van der Waals surface area contributed by atoms with E-state index in [1.165, 1.54) is 0 Å². The lowest BCUT2D eigenvalue weighted by atomic mass is 10.2. The van der Waals surface area contributed by atoms with Crippen LogP contribution in [-0.4, -0.2) is 39.8 Å². The number of hydrogen-bond acceptors (Lipinski definition) is 6. The molecule has 0 saturated heterocycles. The van der Waals surface area contributed by atoms with E-state index >= 15 is 0 Å². The van der Waals surface area contributed by atoms with Gasteiger partial charge in [0.05, 0.1) is 40.2 Å². The lowest BCUT2D eigenvalue weighted by molar-refractivity contribution is 0.374. The maximum atomic E-state index is 5.37. The van der Waals surface area contributed by atoms with Crippen molar-refractivity contribution in [3.05, 3.63) is 42.0 Å². The third kappa shape index (κ3) is 5.00. The Kier molecular flexibility index (Phi) is 7.04. The van der Waals surface area contributed by atoms with Gasteiger partial charge in [-0.1, -0.05) is 0 Å². The van der Waals surface area contributed by atoms with Crippen LogP contribution in [0.4, 0.5) is 5.69 Å². The summed E-state index contributed by atoms with van der Waals surface area (Å²) in [4.78, 5) is 0. The molecular formula is C18H21N3O4S. The normalized spacial score (nSPS) is 10.3. The number of ether oxygens (including phenoxy) is 4. The molecule has 8 heteroatoms. The molecule has 0 amide bonds. The van der Waals surface area contributed by atoms with Crippen LogP contribution in [0.2, 0.25) is 0 Å². The summed E-state index contributed by atoms with van der Waals surface area (Å²) in [5, 5.41) is 7.51. The van der Waals surface area contributed by atoms with Gasteiger partial charge >= 0.3 is 0 Å². The SMILES string of the molecule is COc1ccc(NC(=S)N/N=C/c2c(OC)cc(OC)cc2OC)cc1. The van der Waals surface area contributed by atoms with Gasteiger partial charge in [-0.2, -0.15) is 5.10 Å². The van der Waals surface area contributed by atoms with E-state index in [4.69, 9.17) is 31.2 Å². The molecule has 2 aromatic carbocycles. The minimum Gasteiger partial charge on any atom is -0.497 e. The Labute approximate surface area is 157 Å². The van der Waals surface area contributed by atoms with E-state index in [9.17, 15) is 0 Å². The lowest BCUT2D eigenvalue weighted by Gasteiger charge is -2.12. The van der Waals surface area contributed by atoms with E-state index < -0.39 is 0 Å². The van der Waals surface area contributed by atoms with E-state index in [-0.39, 0.29) is 0 Å². The van der Waals surface area contributed by atoms with Crippen molar-refractivity contribution in [3.8, 4) is 23.0 Å². The molecule has 7 nitrogen and oxygen atoms in total. The molecule has 0 atom stereocenters. The molecule has 2 aromatic rings. The summed E-state index contributed by atoms with van der Waals surface area (Å²) in [6.45, 7) is 0.